The van der Waals surface area contributed by atoms with Crippen molar-refractivity contribution in [3.63, 3.8) is 0 Å². The fourth-order valence-electron chi connectivity index (χ4n) is 1.31. The van der Waals surface area contributed by atoms with Gasteiger partial charge in [0.1, 0.15) is 6.61 Å². The van der Waals surface area contributed by atoms with E-state index in [-0.39, 0.29) is 0 Å². The van der Waals surface area contributed by atoms with Crippen LogP contribution in [0.4, 0.5) is 0 Å². The quantitative estimate of drug-likeness (QED) is 0.365. The lowest BCUT2D eigenvalue weighted by Gasteiger charge is -2.25. The van der Waals surface area contributed by atoms with E-state index in [2.05, 4.69) is 11.7 Å². The van der Waals surface area contributed by atoms with Gasteiger partial charge in [-0.2, -0.15) is 0 Å². The van der Waals surface area contributed by atoms with Crippen molar-refractivity contribution in [2.75, 3.05) is 19.7 Å². The summed E-state index contributed by atoms with van der Waals surface area (Å²) in [6.45, 7) is 3.68. The van der Waals surface area contributed by atoms with E-state index in [9.17, 15) is 9.59 Å². The number of nitrogens with zero attached hydrogens (tertiary/aromatic N) is 1. The molecule has 1 aliphatic heterocycles. The minimum Gasteiger partial charge on any atom is -0.457 e. The summed E-state index contributed by atoms with van der Waals surface area (Å²) in [7, 11) is 0. The van der Waals surface area contributed by atoms with Gasteiger partial charge in [-0.25, -0.2) is 4.79 Å². The molecule has 1 aliphatic rings. The second-order valence-corrected chi connectivity index (χ2v) is 3.14. The first-order chi connectivity index (χ1) is 6.25. The Kier molecular flexibility index (Phi) is 3.73. The van der Waals surface area contributed by atoms with Crippen LogP contribution in [0, 0.1) is 0 Å². The molecule has 0 bridgehead atoms. The van der Waals surface area contributed by atoms with Crippen LogP contribution in [0.1, 0.15) is 26.2 Å². The van der Waals surface area contributed by atoms with Crippen LogP contribution in [-0.4, -0.2) is 36.5 Å². The number of amides is 1. The zero-order chi connectivity index (χ0) is 9.68. The molecule has 0 spiro atoms. The molecule has 74 valence electrons. The standard InChI is InChI=1S/C9H15NO3/c1-2-3-4-5-10-6-7-13-9(12)8(10)11/h2-7H2,1H3. The molecular formula is C9H15NO3. The van der Waals surface area contributed by atoms with Gasteiger partial charge in [0, 0.05) is 6.54 Å². The highest BCUT2D eigenvalue weighted by Crippen LogP contribution is 2.03. The first kappa shape index (κ1) is 10.0. The minimum absolute atomic E-state index is 0.344. The van der Waals surface area contributed by atoms with E-state index in [1.807, 2.05) is 0 Å². The van der Waals surface area contributed by atoms with E-state index < -0.39 is 11.9 Å². The lowest BCUT2D eigenvalue weighted by atomic mass is 10.2. The van der Waals surface area contributed by atoms with Crippen molar-refractivity contribution in [2.24, 2.45) is 0 Å². The van der Waals surface area contributed by atoms with Gasteiger partial charge in [-0.1, -0.05) is 19.8 Å². The molecule has 0 aliphatic carbocycles. The Hall–Kier alpha value is -1.06. The topological polar surface area (TPSA) is 46.6 Å². The molecule has 0 aromatic carbocycles. The molecule has 0 atom stereocenters. The van der Waals surface area contributed by atoms with Gasteiger partial charge in [0.2, 0.25) is 0 Å². The minimum atomic E-state index is -0.706. The van der Waals surface area contributed by atoms with Crippen LogP contribution >= 0.6 is 0 Å². The number of morpholine rings is 1. The van der Waals surface area contributed by atoms with E-state index in [4.69, 9.17) is 0 Å². The lowest BCUT2D eigenvalue weighted by molar-refractivity contribution is -0.166. The van der Waals surface area contributed by atoms with Crippen molar-refractivity contribution in [1.82, 2.24) is 4.90 Å². The van der Waals surface area contributed by atoms with Gasteiger partial charge in [-0.3, -0.25) is 4.79 Å². The van der Waals surface area contributed by atoms with Crippen LogP contribution in [-0.2, 0) is 14.3 Å². The first-order valence-electron chi connectivity index (χ1n) is 4.71. The number of rotatable bonds is 4. The smallest absolute Gasteiger partial charge is 0.397 e. The highest BCUT2D eigenvalue weighted by Gasteiger charge is 2.27. The van der Waals surface area contributed by atoms with Crippen LogP contribution in [0.3, 0.4) is 0 Å². The summed E-state index contributed by atoms with van der Waals surface area (Å²) in [5.74, 6) is -1.19. The predicted molar refractivity (Wildman–Crippen MR) is 47.1 cm³/mol. The second kappa shape index (κ2) is 4.84. The number of unbranched alkanes of at least 4 members (excludes halogenated alkanes) is 2. The zero-order valence-corrected chi connectivity index (χ0v) is 7.91. The molecule has 0 aromatic rings. The van der Waals surface area contributed by atoms with E-state index in [1.54, 1.807) is 4.90 Å². The Morgan fingerprint density at radius 2 is 2.15 bits per heavy atom. The van der Waals surface area contributed by atoms with Gasteiger partial charge in [0.25, 0.3) is 0 Å². The summed E-state index contributed by atoms with van der Waals surface area (Å²) in [6, 6.07) is 0. The average Bonchev–Trinajstić information content (AvgIpc) is 2.13. The Labute approximate surface area is 77.8 Å². The molecule has 13 heavy (non-hydrogen) atoms. The SMILES string of the molecule is CCCCCN1CCOC(=O)C1=O. The third-order valence-corrected chi connectivity index (χ3v) is 2.09. The van der Waals surface area contributed by atoms with Crippen molar-refractivity contribution in [3.8, 4) is 0 Å². The summed E-state index contributed by atoms with van der Waals surface area (Å²) >= 11 is 0. The van der Waals surface area contributed by atoms with Gasteiger partial charge in [0.05, 0.1) is 6.54 Å². The van der Waals surface area contributed by atoms with E-state index >= 15 is 0 Å². The Morgan fingerprint density at radius 1 is 1.38 bits per heavy atom. The fourth-order valence-corrected chi connectivity index (χ4v) is 1.31. The molecule has 0 unspecified atom stereocenters. The fraction of sp³-hybridized carbons (Fsp3) is 0.778. The number of esters is 1. The molecule has 1 saturated heterocycles. The van der Waals surface area contributed by atoms with Crippen LogP contribution in [0.25, 0.3) is 0 Å². The summed E-state index contributed by atoms with van der Waals surface area (Å²) < 4.78 is 4.60. The number of ether oxygens (including phenoxy) is 1. The number of cyclic esters (lactones) is 1. The summed E-state index contributed by atoms with van der Waals surface area (Å²) in [5.41, 5.74) is 0. The number of carbonyl (C=O) groups is 2. The largest absolute Gasteiger partial charge is 0.457 e. The normalized spacial score (nSPS) is 17.5. The molecule has 1 amide bonds. The third-order valence-electron chi connectivity index (χ3n) is 2.09. The Bertz CT molecular complexity index is 203. The highest BCUT2D eigenvalue weighted by molar-refractivity contribution is 6.32. The van der Waals surface area contributed by atoms with Crippen molar-refractivity contribution in [3.05, 3.63) is 0 Å². The van der Waals surface area contributed by atoms with Gasteiger partial charge < -0.3 is 9.64 Å². The molecule has 0 saturated carbocycles. The van der Waals surface area contributed by atoms with Gasteiger partial charge >= 0.3 is 11.9 Å². The molecule has 4 heteroatoms. The molecular weight excluding hydrogens is 170 g/mol. The van der Waals surface area contributed by atoms with Crippen molar-refractivity contribution in [2.45, 2.75) is 26.2 Å². The van der Waals surface area contributed by atoms with E-state index in [1.165, 1.54) is 0 Å². The first-order valence-corrected chi connectivity index (χ1v) is 4.71. The van der Waals surface area contributed by atoms with Crippen molar-refractivity contribution in [1.29, 1.82) is 0 Å². The van der Waals surface area contributed by atoms with Crippen molar-refractivity contribution >= 4 is 11.9 Å². The molecule has 1 heterocycles. The Morgan fingerprint density at radius 3 is 2.85 bits per heavy atom. The zero-order valence-electron chi connectivity index (χ0n) is 7.91. The second-order valence-electron chi connectivity index (χ2n) is 3.14. The van der Waals surface area contributed by atoms with Gasteiger partial charge in [-0.05, 0) is 6.42 Å². The van der Waals surface area contributed by atoms with E-state index in [0.717, 1.165) is 19.3 Å². The molecule has 0 N–H and O–H groups in total. The van der Waals surface area contributed by atoms with Crippen LogP contribution in [0.2, 0.25) is 0 Å². The van der Waals surface area contributed by atoms with Gasteiger partial charge in [0.15, 0.2) is 0 Å². The molecule has 1 fully saturated rings. The number of hydrogen-bond acceptors (Lipinski definition) is 3. The van der Waals surface area contributed by atoms with Crippen LogP contribution in [0.5, 0.6) is 0 Å². The maximum atomic E-state index is 11.2. The van der Waals surface area contributed by atoms with Crippen LogP contribution < -0.4 is 0 Å². The molecule has 4 nitrogen and oxygen atoms in total. The average molecular weight is 185 g/mol. The third kappa shape index (κ3) is 2.72. The number of carbonyl (C=O) groups excluding carboxylic acids is 2. The maximum absolute atomic E-state index is 11.2. The van der Waals surface area contributed by atoms with Crippen molar-refractivity contribution < 1.29 is 14.3 Å². The molecule has 1 rings (SSSR count). The van der Waals surface area contributed by atoms with E-state index in [0.29, 0.717) is 19.7 Å². The highest BCUT2D eigenvalue weighted by atomic mass is 16.5. The molecule has 0 radical (unpaired) electrons. The summed E-state index contributed by atoms with van der Waals surface area (Å²) in [5, 5.41) is 0. The Balaban J connectivity index is 2.31. The maximum Gasteiger partial charge on any atom is 0.397 e. The molecule has 0 aromatic heterocycles. The predicted octanol–water partition coefficient (Wildman–Crippen LogP) is 0.562. The number of hydrogen-bond donors (Lipinski definition) is 0. The monoisotopic (exact) mass is 185 g/mol. The lowest BCUT2D eigenvalue weighted by Crippen LogP contribution is -2.45. The van der Waals surface area contributed by atoms with Crippen LogP contribution in [0.15, 0.2) is 0 Å². The summed E-state index contributed by atoms with van der Waals surface area (Å²) in [6.07, 6.45) is 3.18. The van der Waals surface area contributed by atoms with Gasteiger partial charge in [-0.15, -0.1) is 0 Å². The summed E-state index contributed by atoms with van der Waals surface area (Å²) in [4.78, 5) is 23.6.